The van der Waals surface area contributed by atoms with Crippen LogP contribution >= 0.6 is 0 Å². The highest BCUT2D eigenvalue weighted by molar-refractivity contribution is 5.98. The Labute approximate surface area is 192 Å². The van der Waals surface area contributed by atoms with E-state index in [2.05, 4.69) is 4.90 Å². The number of hydrogen-bond acceptors (Lipinski definition) is 5. The molecule has 0 saturated carbocycles. The lowest BCUT2D eigenvalue weighted by atomic mass is 10.0. The molecule has 0 N–H and O–H groups in total. The summed E-state index contributed by atoms with van der Waals surface area (Å²) in [5.41, 5.74) is 1.20. The van der Waals surface area contributed by atoms with Gasteiger partial charge in [0, 0.05) is 31.7 Å². The molecule has 33 heavy (non-hydrogen) atoms. The highest BCUT2D eigenvalue weighted by Crippen LogP contribution is 2.37. The lowest BCUT2D eigenvalue weighted by Gasteiger charge is -2.29. The summed E-state index contributed by atoms with van der Waals surface area (Å²) in [6, 6.07) is 11.7. The summed E-state index contributed by atoms with van der Waals surface area (Å²) in [7, 11) is 1.56. The zero-order chi connectivity index (χ0) is 23.0. The van der Waals surface area contributed by atoms with Crippen molar-refractivity contribution in [2.24, 2.45) is 0 Å². The van der Waals surface area contributed by atoms with Crippen LogP contribution in [-0.2, 0) is 4.74 Å². The molecule has 7 nitrogen and oxygen atoms in total. The number of ether oxygens (including phenoxy) is 2. The van der Waals surface area contributed by atoms with E-state index in [1.165, 1.54) is 23.5 Å². The SMILES string of the molecule is COc1ccc(N2CCCCC2)cc1C(=O)N1CC[C@]2(C1)CN(c1cccc(F)c1)C(=O)O2. The second kappa shape index (κ2) is 8.57. The summed E-state index contributed by atoms with van der Waals surface area (Å²) < 4.78 is 24.9. The van der Waals surface area contributed by atoms with Gasteiger partial charge in [0.25, 0.3) is 5.91 Å². The lowest BCUT2D eigenvalue weighted by Crippen LogP contribution is -2.39. The van der Waals surface area contributed by atoms with E-state index in [1.807, 2.05) is 18.2 Å². The molecule has 0 unspecified atom stereocenters. The van der Waals surface area contributed by atoms with Gasteiger partial charge in [-0.05, 0) is 55.7 Å². The Hall–Kier alpha value is -3.29. The fourth-order valence-electron chi connectivity index (χ4n) is 5.08. The van der Waals surface area contributed by atoms with Gasteiger partial charge in [-0.3, -0.25) is 9.69 Å². The van der Waals surface area contributed by atoms with E-state index in [0.717, 1.165) is 31.6 Å². The third kappa shape index (κ3) is 4.10. The van der Waals surface area contributed by atoms with Gasteiger partial charge in [0.05, 0.1) is 31.5 Å². The van der Waals surface area contributed by atoms with Gasteiger partial charge in [-0.2, -0.15) is 0 Å². The number of carbonyl (C=O) groups excluding carboxylic acids is 2. The van der Waals surface area contributed by atoms with E-state index >= 15 is 0 Å². The predicted octanol–water partition coefficient (Wildman–Crippen LogP) is 4.07. The van der Waals surface area contributed by atoms with E-state index in [0.29, 0.717) is 36.5 Å². The molecule has 3 aliphatic heterocycles. The van der Waals surface area contributed by atoms with E-state index in [-0.39, 0.29) is 12.5 Å². The summed E-state index contributed by atoms with van der Waals surface area (Å²) in [5, 5.41) is 0. The zero-order valence-electron chi connectivity index (χ0n) is 18.8. The molecular weight excluding hydrogens is 425 g/mol. The molecule has 2 aromatic carbocycles. The van der Waals surface area contributed by atoms with Crippen molar-refractivity contribution in [3.63, 3.8) is 0 Å². The van der Waals surface area contributed by atoms with Crippen LogP contribution in [0.2, 0.25) is 0 Å². The number of likely N-dealkylation sites (tertiary alicyclic amines) is 1. The van der Waals surface area contributed by atoms with Gasteiger partial charge in [-0.25, -0.2) is 9.18 Å². The monoisotopic (exact) mass is 453 g/mol. The third-order valence-electron chi connectivity index (χ3n) is 6.83. The Morgan fingerprint density at radius 3 is 2.61 bits per heavy atom. The first kappa shape index (κ1) is 21.6. The van der Waals surface area contributed by atoms with Crippen molar-refractivity contribution in [3.05, 3.63) is 53.8 Å². The summed E-state index contributed by atoms with van der Waals surface area (Å²) in [5.74, 6) is -0.0143. The van der Waals surface area contributed by atoms with Crippen LogP contribution in [0.25, 0.3) is 0 Å². The number of benzene rings is 2. The predicted molar refractivity (Wildman–Crippen MR) is 123 cm³/mol. The quantitative estimate of drug-likeness (QED) is 0.699. The third-order valence-corrected chi connectivity index (χ3v) is 6.83. The molecule has 5 rings (SSSR count). The Morgan fingerprint density at radius 2 is 1.85 bits per heavy atom. The molecule has 0 radical (unpaired) electrons. The first-order valence-corrected chi connectivity index (χ1v) is 11.5. The van der Waals surface area contributed by atoms with Crippen molar-refractivity contribution < 1.29 is 23.5 Å². The van der Waals surface area contributed by atoms with E-state index in [4.69, 9.17) is 9.47 Å². The van der Waals surface area contributed by atoms with E-state index < -0.39 is 17.5 Å². The van der Waals surface area contributed by atoms with Crippen molar-refractivity contribution in [2.75, 3.05) is 49.6 Å². The number of amides is 2. The molecule has 2 aromatic rings. The normalized spacial score (nSPS) is 22.7. The van der Waals surface area contributed by atoms with Gasteiger partial charge in [-0.15, -0.1) is 0 Å². The maximum atomic E-state index is 13.7. The molecule has 1 spiro atoms. The number of piperidine rings is 1. The highest BCUT2D eigenvalue weighted by atomic mass is 19.1. The van der Waals surface area contributed by atoms with Crippen molar-refractivity contribution in [1.29, 1.82) is 0 Å². The van der Waals surface area contributed by atoms with Crippen LogP contribution in [0.1, 0.15) is 36.0 Å². The second-order valence-electron chi connectivity index (χ2n) is 9.03. The number of carbonyl (C=O) groups is 2. The number of anilines is 2. The fraction of sp³-hybridized carbons (Fsp3) is 0.440. The number of methoxy groups -OCH3 is 1. The van der Waals surface area contributed by atoms with Crippen LogP contribution in [0.4, 0.5) is 20.6 Å². The second-order valence-corrected chi connectivity index (χ2v) is 9.03. The largest absolute Gasteiger partial charge is 0.496 e. The van der Waals surface area contributed by atoms with Crippen LogP contribution in [0.3, 0.4) is 0 Å². The molecule has 2 amide bonds. The standard InChI is InChI=1S/C25H28FN3O4/c1-32-22-9-8-19(27-11-3-2-4-12-27)15-21(22)23(30)28-13-10-25(16-28)17-29(24(31)33-25)20-7-5-6-18(26)14-20/h5-9,14-15H,2-4,10-13,16-17H2,1H3/t25-/m0/s1. The summed E-state index contributed by atoms with van der Waals surface area (Å²) in [6.45, 7) is 3.02. The minimum Gasteiger partial charge on any atom is -0.496 e. The summed E-state index contributed by atoms with van der Waals surface area (Å²) in [6.07, 6.45) is 3.55. The molecular formula is C25H28FN3O4. The Morgan fingerprint density at radius 1 is 1.03 bits per heavy atom. The Kier molecular flexibility index (Phi) is 5.60. The van der Waals surface area contributed by atoms with Crippen LogP contribution in [0.15, 0.2) is 42.5 Å². The van der Waals surface area contributed by atoms with E-state index in [1.54, 1.807) is 24.1 Å². The topological polar surface area (TPSA) is 62.3 Å². The minimum absolute atomic E-state index is 0.136. The van der Waals surface area contributed by atoms with E-state index in [9.17, 15) is 14.0 Å². The van der Waals surface area contributed by atoms with Gasteiger partial charge < -0.3 is 19.3 Å². The number of hydrogen-bond donors (Lipinski definition) is 0. The smallest absolute Gasteiger partial charge is 0.415 e. The molecule has 174 valence electrons. The summed E-state index contributed by atoms with van der Waals surface area (Å²) >= 11 is 0. The fourth-order valence-corrected chi connectivity index (χ4v) is 5.08. The Balaban J connectivity index is 1.34. The van der Waals surface area contributed by atoms with Crippen LogP contribution in [0.5, 0.6) is 5.75 Å². The maximum Gasteiger partial charge on any atom is 0.415 e. The average molecular weight is 454 g/mol. The van der Waals surface area contributed by atoms with Crippen LogP contribution in [0, 0.1) is 5.82 Å². The molecule has 3 heterocycles. The molecule has 0 aliphatic carbocycles. The molecule has 8 heteroatoms. The average Bonchev–Trinajstić information content (AvgIpc) is 3.41. The lowest BCUT2D eigenvalue weighted by molar-refractivity contribution is 0.0552. The first-order chi connectivity index (χ1) is 16.0. The molecule has 3 fully saturated rings. The van der Waals surface area contributed by atoms with Gasteiger partial charge in [0.1, 0.15) is 11.6 Å². The first-order valence-electron chi connectivity index (χ1n) is 11.5. The van der Waals surface area contributed by atoms with Crippen LogP contribution < -0.4 is 14.5 Å². The van der Waals surface area contributed by atoms with Crippen molar-refractivity contribution in [2.45, 2.75) is 31.3 Å². The number of nitrogens with zero attached hydrogens (tertiary/aromatic N) is 3. The van der Waals surface area contributed by atoms with Crippen LogP contribution in [-0.4, -0.2) is 62.3 Å². The molecule has 0 bridgehead atoms. The molecule has 3 saturated heterocycles. The van der Waals surface area contributed by atoms with Gasteiger partial charge >= 0.3 is 6.09 Å². The minimum atomic E-state index is -0.795. The number of rotatable bonds is 4. The Bertz CT molecular complexity index is 1070. The van der Waals surface area contributed by atoms with Gasteiger partial charge in [0.2, 0.25) is 0 Å². The molecule has 3 aliphatic rings. The highest BCUT2D eigenvalue weighted by Gasteiger charge is 2.51. The maximum absolute atomic E-state index is 13.7. The van der Waals surface area contributed by atoms with Gasteiger partial charge in [-0.1, -0.05) is 6.07 Å². The van der Waals surface area contributed by atoms with Crippen molar-refractivity contribution >= 4 is 23.4 Å². The number of halogens is 1. The molecule has 0 aromatic heterocycles. The zero-order valence-corrected chi connectivity index (χ0v) is 18.8. The summed E-state index contributed by atoms with van der Waals surface area (Å²) in [4.78, 5) is 31.5. The molecule has 1 atom stereocenters. The van der Waals surface area contributed by atoms with Gasteiger partial charge in [0.15, 0.2) is 5.60 Å². The van der Waals surface area contributed by atoms with Crippen molar-refractivity contribution in [3.8, 4) is 5.75 Å². The van der Waals surface area contributed by atoms with Crippen molar-refractivity contribution in [1.82, 2.24) is 4.90 Å².